The van der Waals surface area contributed by atoms with Gasteiger partial charge in [-0.2, -0.15) is 0 Å². The van der Waals surface area contributed by atoms with E-state index in [2.05, 4.69) is 20.9 Å². The number of aromatic nitrogens is 1. The molecule has 0 aromatic carbocycles. The molecule has 0 saturated carbocycles. The van der Waals surface area contributed by atoms with Crippen molar-refractivity contribution in [3.63, 3.8) is 0 Å². The van der Waals surface area contributed by atoms with Crippen LogP contribution in [0.15, 0.2) is 14.3 Å². The standard InChI is InChI=1S/C10H6BrNO5S/c1-3-2-4(18-7(3)11)8-12-5(9(13)14)6(17-8)10(15)16/h2H,1H3,(H,13,14)(H,15,16). The molecule has 0 amide bonds. The first-order valence-electron chi connectivity index (χ1n) is 4.64. The van der Waals surface area contributed by atoms with Crippen molar-refractivity contribution in [3.8, 4) is 10.8 Å². The Morgan fingerprint density at radius 3 is 2.44 bits per heavy atom. The number of rotatable bonds is 3. The lowest BCUT2D eigenvalue weighted by Gasteiger charge is -1.87. The molecule has 0 unspecified atom stereocenters. The highest BCUT2D eigenvalue weighted by atomic mass is 79.9. The molecule has 0 atom stereocenters. The number of nitrogens with zero attached hydrogens (tertiary/aromatic N) is 1. The minimum Gasteiger partial charge on any atom is -0.476 e. The maximum Gasteiger partial charge on any atom is 0.374 e. The molecule has 0 bridgehead atoms. The number of hydrogen-bond donors (Lipinski definition) is 2. The van der Waals surface area contributed by atoms with E-state index in [1.54, 1.807) is 6.07 Å². The van der Waals surface area contributed by atoms with Gasteiger partial charge >= 0.3 is 11.9 Å². The summed E-state index contributed by atoms with van der Waals surface area (Å²) in [5.74, 6) is -3.57. The fourth-order valence-electron chi connectivity index (χ4n) is 1.28. The molecule has 2 aromatic rings. The van der Waals surface area contributed by atoms with Crippen LogP contribution in [0, 0.1) is 6.92 Å². The minimum absolute atomic E-state index is 0.0106. The highest BCUT2D eigenvalue weighted by Crippen LogP contribution is 2.35. The van der Waals surface area contributed by atoms with Crippen molar-refractivity contribution < 1.29 is 24.2 Å². The molecule has 0 spiro atoms. The molecule has 0 aliphatic carbocycles. The largest absolute Gasteiger partial charge is 0.476 e. The van der Waals surface area contributed by atoms with Gasteiger partial charge in [-0.15, -0.1) is 11.3 Å². The van der Waals surface area contributed by atoms with Gasteiger partial charge in [0.1, 0.15) is 0 Å². The molecule has 2 N–H and O–H groups in total. The summed E-state index contributed by atoms with van der Waals surface area (Å²) in [6, 6.07) is 1.73. The van der Waals surface area contributed by atoms with Crippen molar-refractivity contribution in [2.75, 3.05) is 0 Å². The molecule has 0 radical (unpaired) electrons. The summed E-state index contributed by atoms with van der Waals surface area (Å²) in [6.07, 6.45) is 0. The van der Waals surface area contributed by atoms with Crippen molar-refractivity contribution in [2.24, 2.45) is 0 Å². The third kappa shape index (κ3) is 2.16. The lowest BCUT2D eigenvalue weighted by atomic mass is 10.3. The Balaban J connectivity index is 2.56. The van der Waals surface area contributed by atoms with Gasteiger partial charge in [0.25, 0.3) is 0 Å². The number of oxazole rings is 1. The van der Waals surface area contributed by atoms with Crippen LogP contribution in [0.4, 0.5) is 0 Å². The quantitative estimate of drug-likeness (QED) is 0.896. The first-order valence-corrected chi connectivity index (χ1v) is 6.24. The molecule has 2 aromatic heterocycles. The minimum atomic E-state index is -1.46. The molecule has 0 saturated heterocycles. The molecule has 2 rings (SSSR count). The van der Waals surface area contributed by atoms with Crippen molar-refractivity contribution >= 4 is 39.2 Å². The van der Waals surface area contributed by atoms with Gasteiger partial charge in [0.05, 0.1) is 8.66 Å². The van der Waals surface area contributed by atoms with E-state index in [0.29, 0.717) is 4.88 Å². The fourth-order valence-corrected chi connectivity index (χ4v) is 2.74. The van der Waals surface area contributed by atoms with Crippen LogP contribution in [-0.2, 0) is 0 Å². The smallest absolute Gasteiger partial charge is 0.374 e. The van der Waals surface area contributed by atoms with Gasteiger partial charge in [0, 0.05) is 0 Å². The van der Waals surface area contributed by atoms with E-state index >= 15 is 0 Å². The molecular formula is C10H6BrNO5S. The Kier molecular flexibility index (Phi) is 3.22. The number of carbonyl (C=O) groups is 2. The van der Waals surface area contributed by atoms with Gasteiger partial charge in [-0.25, -0.2) is 14.6 Å². The summed E-state index contributed by atoms with van der Waals surface area (Å²) < 4.78 is 5.84. The number of carboxylic acids is 2. The molecule has 0 aliphatic heterocycles. The predicted molar refractivity (Wildman–Crippen MR) is 66.2 cm³/mol. The van der Waals surface area contributed by atoms with Crippen molar-refractivity contribution in [2.45, 2.75) is 6.92 Å². The summed E-state index contributed by atoms with van der Waals surface area (Å²) in [5.41, 5.74) is 0.335. The predicted octanol–water partition coefficient (Wildman–Crippen LogP) is 2.87. The SMILES string of the molecule is Cc1cc(-c2nc(C(=O)O)c(C(=O)O)o2)sc1Br. The number of hydrogen-bond acceptors (Lipinski definition) is 5. The summed E-state index contributed by atoms with van der Waals surface area (Å²) in [5, 5.41) is 17.7. The molecule has 6 nitrogen and oxygen atoms in total. The van der Waals surface area contributed by atoms with Crippen molar-refractivity contribution in [3.05, 3.63) is 26.9 Å². The Labute approximate surface area is 113 Å². The zero-order valence-corrected chi connectivity index (χ0v) is 11.3. The van der Waals surface area contributed by atoms with E-state index in [4.69, 9.17) is 14.6 Å². The fraction of sp³-hybridized carbons (Fsp3) is 0.100. The first-order chi connectivity index (χ1) is 8.40. The maximum atomic E-state index is 10.9. The zero-order chi connectivity index (χ0) is 13.4. The molecule has 18 heavy (non-hydrogen) atoms. The van der Waals surface area contributed by atoms with E-state index < -0.39 is 23.4 Å². The summed E-state index contributed by atoms with van der Waals surface area (Å²) in [4.78, 5) is 26.0. The average Bonchev–Trinajstić information content (AvgIpc) is 2.83. The van der Waals surface area contributed by atoms with Crippen LogP contribution < -0.4 is 0 Å². The number of halogens is 1. The molecule has 0 fully saturated rings. The van der Waals surface area contributed by atoms with Gasteiger partial charge in [0.15, 0.2) is 0 Å². The van der Waals surface area contributed by atoms with Crippen LogP contribution in [0.2, 0.25) is 0 Å². The van der Waals surface area contributed by atoms with Gasteiger partial charge in [0.2, 0.25) is 17.3 Å². The average molecular weight is 332 g/mol. The van der Waals surface area contributed by atoms with Gasteiger partial charge in [-0.1, -0.05) is 0 Å². The van der Waals surface area contributed by atoms with Gasteiger partial charge in [-0.3, -0.25) is 0 Å². The molecule has 0 aliphatic rings. The Bertz CT molecular complexity index is 594. The number of thiophene rings is 1. The number of carboxylic acid groups (broad SMARTS) is 2. The van der Waals surface area contributed by atoms with Crippen LogP contribution in [0.1, 0.15) is 26.6 Å². The Hall–Kier alpha value is -1.67. The summed E-state index contributed by atoms with van der Waals surface area (Å²) in [6.45, 7) is 1.85. The van der Waals surface area contributed by atoms with Crippen LogP contribution >= 0.6 is 27.3 Å². The third-order valence-corrected chi connectivity index (χ3v) is 4.22. The number of aryl methyl sites for hydroxylation is 1. The first kappa shape index (κ1) is 12.8. The summed E-state index contributed by atoms with van der Waals surface area (Å²) in [7, 11) is 0. The van der Waals surface area contributed by atoms with Gasteiger partial charge < -0.3 is 14.6 Å². The highest BCUT2D eigenvalue weighted by molar-refractivity contribution is 9.11. The topological polar surface area (TPSA) is 101 Å². The molecule has 2 heterocycles. The van der Waals surface area contributed by atoms with Crippen LogP contribution in [0.5, 0.6) is 0 Å². The monoisotopic (exact) mass is 331 g/mol. The van der Waals surface area contributed by atoms with Crippen molar-refractivity contribution in [1.82, 2.24) is 4.98 Å². The number of aromatic carboxylic acids is 2. The lowest BCUT2D eigenvalue weighted by molar-refractivity contribution is 0.0624. The molecular weight excluding hydrogens is 326 g/mol. The van der Waals surface area contributed by atoms with E-state index in [0.717, 1.165) is 9.35 Å². The van der Waals surface area contributed by atoms with Crippen molar-refractivity contribution in [1.29, 1.82) is 0 Å². The second-order valence-electron chi connectivity index (χ2n) is 3.37. The highest BCUT2D eigenvalue weighted by Gasteiger charge is 2.26. The Morgan fingerprint density at radius 1 is 1.39 bits per heavy atom. The zero-order valence-electron chi connectivity index (χ0n) is 8.93. The second-order valence-corrected chi connectivity index (χ2v) is 5.74. The van der Waals surface area contributed by atoms with Crippen LogP contribution in [0.25, 0.3) is 10.8 Å². The second kappa shape index (κ2) is 4.54. The third-order valence-electron chi connectivity index (χ3n) is 2.09. The lowest BCUT2D eigenvalue weighted by Crippen LogP contribution is -2.05. The van der Waals surface area contributed by atoms with Crippen LogP contribution in [-0.4, -0.2) is 27.1 Å². The Morgan fingerprint density at radius 2 is 2.06 bits per heavy atom. The van der Waals surface area contributed by atoms with E-state index in [1.807, 2.05) is 6.92 Å². The molecule has 8 heteroatoms. The van der Waals surface area contributed by atoms with Crippen LogP contribution in [0.3, 0.4) is 0 Å². The normalized spacial score (nSPS) is 10.6. The maximum absolute atomic E-state index is 10.9. The van der Waals surface area contributed by atoms with E-state index in [9.17, 15) is 9.59 Å². The van der Waals surface area contributed by atoms with E-state index in [-0.39, 0.29) is 5.89 Å². The molecule has 94 valence electrons. The van der Waals surface area contributed by atoms with E-state index in [1.165, 1.54) is 11.3 Å². The summed E-state index contributed by atoms with van der Waals surface area (Å²) >= 11 is 4.60. The van der Waals surface area contributed by atoms with Gasteiger partial charge in [-0.05, 0) is 34.5 Å².